The average molecular weight is 248 g/mol. The van der Waals surface area contributed by atoms with E-state index in [4.69, 9.17) is 17.3 Å². The molecule has 0 fully saturated rings. The molecule has 7 heteroatoms. The third-order valence-electron chi connectivity index (χ3n) is 1.68. The van der Waals surface area contributed by atoms with Gasteiger partial charge in [0.2, 0.25) is 5.13 Å². The first-order valence-electron chi connectivity index (χ1n) is 3.82. The molecule has 0 aliphatic rings. The molecule has 15 heavy (non-hydrogen) atoms. The number of anilines is 1. The smallest absolute Gasteiger partial charge is 0.203 e. The van der Waals surface area contributed by atoms with Crippen LogP contribution in [-0.4, -0.2) is 10.2 Å². The van der Waals surface area contributed by atoms with Crippen molar-refractivity contribution in [3.05, 3.63) is 28.8 Å². The summed E-state index contributed by atoms with van der Waals surface area (Å²) < 4.78 is 26.2. The predicted octanol–water partition coefficient (Wildman–Crippen LogP) is 2.72. The SMILES string of the molecule is Nc1nnc(-c2cc(Cl)c(F)cc2F)s1. The molecule has 2 N–H and O–H groups in total. The molecular formula is C8H4ClF2N3S. The third kappa shape index (κ3) is 1.91. The van der Waals surface area contributed by atoms with Gasteiger partial charge in [-0.3, -0.25) is 0 Å². The molecule has 78 valence electrons. The van der Waals surface area contributed by atoms with E-state index in [2.05, 4.69) is 10.2 Å². The standard InChI is InChI=1S/C8H4ClF2N3S/c9-4-1-3(5(10)2-6(4)11)7-13-14-8(12)15-7/h1-2H,(H2,12,14). The molecule has 2 aromatic rings. The van der Waals surface area contributed by atoms with Gasteiger partial charge in [0.1, 0.15) is 11.6 Å². The second kappa shape index (κ2) is 3.71. The summed E-state index contributed by atoms with van der Waals surface area (Å²) in [5.74, 6) is -1.55. The molecule has 0 atom stereocenters. The van der Waals surface area contributed by atoms with Gasteiger partial charge < -0.3 is 5.73 Å². The third-order valence-corrected chi connectivity index (χ3v) is 2.76. The van der Waals surface area contributed by atoms with E-state index in [1.165, 1.54) is 0 Å². The minimum Gasteiger partial charge on any atom is -0.374 e. The number of nitrogens with zero attached hydrogens (tertiary/aromatic N) is 2. The van der Waals surface area contributed by atoms with Gasteiger partial charge in [0.15, 0.2) is 5.01 Å². The van der Waals surface area contributed by atoms with Crippen LogP contribution in [0.15, 0.2) is 12.1 Å². The second-order valence-electron chi connectivity index (χ2n) is 2.69. The van der Waals surface area contributed by atoms with E-state index >= 15 is 0 Å². The highest BCUT2D eigenvalue weighted by molar-refractivity contribution is 7.18. The van der Waals surface area contributed by atoms with Crippen molar-refractivity contribution < 1.29 is 8.78 Å². The van der Waals surface area contributed by atoms with E-state index in [0.29, 0.717) is 6.07 Å². The highest BCUT2D eigenvalue weighted by atomic mass is 35.5. The maximum atomic E-state index is 13.3. The van der Waals surface area contributed by atoms with Gasteiger partial charge in [0.05, 0.1) is 5.02 Å². The van der Waals surface area contributed by atoms with Crippen LogP contribution < -0.4 is 5.73 Å². The first kappa shape index (κ1) is 10.3. The minimum absolute atomic E-state index is 0.0931. The van der Waals surface area contributed by atoms with E-state index in [9.17, 15) is 8.78 Å². The van der Waals surface area contributed by atoms with Crippen molar-refractivity contribution in [3.8, 4) is 10.6 Å². The van der Waals surface area contributed by atoms with Crippen molar-refractivity contribution in [2.75, 3.05) is 5.73 Å². The van der Waals surface area contributed by atoms with Crippen LogP contribution in [0.1, 0.15) is 0 Å². The molecule has 0 unspecified atom stereocenters. The van der Waals surface area contributed by atoms with Gasteiger partial charge in [-0.2, -0.15) is 0 Å². The molecule has 0 bridgehead atoms. The number of halogens is 3. The summed E-state index contributed by atoms with van der Waals surface area (Å²) in [7, 11) is 0. The van der Waals surface area contributed by atoms with E-state index < -0.39 is 11.6 Å². The highest BCUT2D eigenvalue weighted by Crippen LogP contribution is 2.30. The number of rotatable bonds is 1. The van der Waals surface area contributed by atoms with Crippen LogP contribution in [0, 0.1) is 11.6 Å². The molecule has 0 aliphatic heterocycles. The van der Waals surface area contributed by atoms with Crippen molar-refractivity contribution in [2.45, 2.75) is 0 Å². The van der Waals surface area contributed by atoms with Crippen molar-refractivity contribution in [1.82, 2.24) is 10.2 Å². The quantitative estimate of drug-likeness (QED) is 0.789. The lowest BCUT2D eigenvalue weighted by Gasteiger charge is -2.00. The van der Waals surface area contributed by atoms with E-state index in [0.717, 1.165) is 17.4 Å². The summed E-state index contributed by atoms with van der Waals surface area (Å²) in [6, 6.07) is 1.86. The fraction of sp³-hybridized carbons (Fsp3) is 0. The van der Waals surface area contributed by atoms with Crippen LogP contribution in [0.5, 0.6) is 0 Å². The molecular weight excluding hydrogens is 244 g/mol. The molecule has 1 aromatic carbocycles. The highest BCUT2D eigenvalue weighted by Gasteiger charge is 2.13. The van der Waals surface area contributed by atoms with E-state index in [1.807, 2.05) is 0 Å². The van der Waals surface area contributed by atoms with E-state index in [1.54, 1.807) is 0 Å². The second-order valence-corrected chi connectivity index (χ2v) is 4.11. The molecule has 0 amide bonds. The molecule has 1 aromatic heterocycles. The first-order valence-corrected chi connectivity index (χ1v) is 5.01. The van der Waals surface area contributed by atoms with Crippen molar-refractivity contribution in [3.63, 3.8) is 0 Å². The normalized spacial score (nSPS) is 10.6. The number of hydrogen-bond acceptors (Lipinski definition) is 4. The Kier molecular flexibility index (Phi) is 2.54. The lowest BCUT2D eigenvalue weighted by Crippen LogP contribution is -1.87. The Balaban J connectivity index is 2.58. The first-order chi connectivity index (χ1) is 7.08. The molecule has 1 heterocycles. The van der Waals surface area contributed by atoms with Gasteiger partial charge in [-0.25, -0.2) is 8.78 Å². The zero-order valence-electron chi connectivity index (χ0n) is 7.17. The van der Waals surface area contributed by atoms with Crippen molar-refractivity contribution in [2.24, 2.45) is 0 Å². The maximum absolute atomic E-state index is 13.3. The predicted molar refractivity (Wildman–Crippen MR) is 54.7 cm³/mol. The molecule has 2 rings (SSSR count). The molecule has 0 saturated carbocycles. The van der Waals surface area contributed by atoms with Gasteiger partial charge >= 0.3 is 0 Å². The number of aromatic nitrogens is 2. The Morgan fingerprint density at radius 1 is 1.20 bits per heavy atom. The van der Waals surface area contributed by atoms with E-state index in [-0.39, 0.29) is 20.7 Å². The molecule has 0 radical (unpaired) electrons. The number of nitrogen functional groups attached to an aromatic ring is 1. The summed E-state index contributed by atoms with van der Waals surface area (Å²) in [4.78, 5) is 0. The summed E-state index contributed by atoms with van der Waals surface area (Å²) in [6.07, 6.45) is 0. The molecule has 3 nitrogen and oxygen atoms in total. The number of nitrogens with two attached hydrogens (primary N) is 1. The largest absolute Gasteiger partial charge is 0.374 e. The summed E-state index contributed by atoms with van der Waals surface area (Å²) in [6.45, 7) is 0. The van der Waals surface area contributed by atoms with Crippen molar-refractivity contribution in [1.29, 1.82) is 0 Å². The van der Waals surface area contributed by atoms with Crippen LogP contribution >= 0.6 is 22.9 Å². The Labute approximate surface area is 92.5 Å². The fourth-order valence-corrected chi connectivity index (χ4v) is 1.82. The zero-order chi connectivity index (χ0) is 11.0. The van der Waals surface area contributed by atoms with Crippen LogP contribution in [0.4, 0.5) is 13.9 Å². The molecule has 0 saturated heterocycles. The van der Waals surface area contributed by atoms with Gasteiger partial charge in [0, 0.05) is 11.6 Å². The van der Waals surface area contributed by atoms with Crippen LogP contribution in [0.3, 0.4) is 0 Å². The van der Waals surface area contributed by atoms with Crippen LogP contribution in [-0.2, 0) is 0 Å². The number of benzene rings is 1. The van der Waals surface area contributed by atoms with Crippen molar-refractivity contribution >= 4 is 28.1 Å². The fourth-order valence-electron chi connectivity index (χ4n) is 1.03. The average Bonchev–Trinajstić information content (AvgIpc) is 2.58. The monoisotopic (exact) mass is 247 g/mol. The Morgan fingerprint density at radius 2 is 1.93 bits per heavy atom. The molecule has 0 spiro atoms. The van der Waals surface area contributed by atoms with Crippen LogP contribution in [0.2, 0.25) is 5.02 Å². The summed E-state index contributed by atoms with van der Waals surface area (Å²) >= 11 is 6.53. The Morgan fingerprint density at radius 3 is 2.53 bits per heavy atom. The zero-order valence-corrected chi connectivity index (χ0v) is 8.74. The lowest BCUT2D eigenvalue weighted by atomic mass is 10.2. The Bertz CT molecular complexity index is 515. The minimum atomic E-state index is -0.810. The van der Waals surface area contributed by atoms with Gasteiger partial charge in [0.25, 0.3) is 0 Å². The van der Waals surface area contributed by atoms with Gasteiger partial charge in [-0.05, 0) is 6.07 Å². The number of hydrogen-bond donors (Lipinski definition) is 1. The Hall–Kier alpha value is -1.27. The topological polar surface area (TPSA) is 51.8 Å². The summed E-state index contributed by atoms with van der Waals surface area (Å²) in [5, 5.41) is 7.49. The lowest BCUT2D eigenvalue weighted by molar-refractivity contribution is 0.585. The van der Waals surface area contributed by atoms with Gasteiger partial charge in [-0.15, -0.1) is 10.2 Å². The van der Waals surface area contributed by atoms with Crippen LogP contribution in [0.25, 0.3) is 10.6 Å². The van der Waals surface area contributed by atoms with Gasteiger partial charge in [-0.1, -0.05) is 22.9 Å². The maximum Gasteiger partial charge on any atom is 0.203 e. The summed E-state index contributed by atoms with van der Waals surface area (Å²) in [5.41, 5.74) is 5.44. The molecule has 0 aliphatic carbocycles.